The second kappa shape index (κ2) is 5.54. The Labute approximate surface area is 119 Å². The molecule has 0 spiro atoms. The largest absolute Gasteiger partial charge is 0.324 e. The van der Waals surface area contributed by atoms with Crippen molar-refractivity contribution in [2.24, 2.45) is 10.6 Å². The number of rotatable bonds is 4. The molecule has 0 atom stereocenters. The minimum atomic E-state index is -3.84. The van der Waals surface area contributed by atoms with Crippen LogP contribution in [0.4, 0.5) is 5.69 Å². The smallest absolute Gasteiger partial charge is 0.240 e. The van der Waals surface area contributed by atoms with Crippen molar-refractivity contribution in [3.63, 3.8) is 0 Å². The number of amides is 1. The molecular weight excluding hydrogens is 276 g/mol. The lowest BCUT2D eigenvalue weighted by molar-refractivity contribution is -0.125. The third kappa shape index (κ3) is 2.86. The molecule has 1 amide bonds. The molecule has 1 aliphatic rings. The van der Waals surface area contributed by atoms with E-state index in [2.05, 4.69) is 5.32 Å². The van der Waals surface area contributed by atoms with E-state index in [0.29, 0.717) is 0 Å². The normalized spacial score (nSPS) is 17.9. The van der Waals surface area contributed by atoms with E-state index in [1.807, 2.05) is 6.92 Å². The number of para-hydroxylation sites is 1. The van der Waals surface area contributed by atoms with Crippen LogP contribution in [0.1, 0.15) is 39.0 Å². The fourth-order valence-corrected chi connectivity index (χ4v) is 3.56. The molecule has 6 heteroatoms. The molecule has 0 heterocycles. The van der Waals surface area contributed by atoms with Crippen molar-refractivity contribution in [2.45, 2.75) is 43.9 Å². The summed E-state index contributed by atoms with van der Waals surface area (Å²) in [5.74, 6) is -0.103. The summed E-state index contributed by atoms with van der Waals surface area (Å²) < 4.78 is 23.1. The van der Waals surface area contributed by atoms with Gasteiger partial charge < -0.3 is 5.32 Å². The van der Waals surface area contributed by atoms with Gasteiger partial charge in [-0.15, -0.1) is 0 Å². The summed E-state index contributed by atoms with van der Waals surface area (Å²) in [7, 11) is -3.84. The number of nitrogens with two attached hydrogens (primary N) is 1. The van der Waals surface area contributed by atoms with Crippen molar-refractivity contribution in [1.29, 1.82) is 0 Å². The molecule has 1 aromatic rings. The maximum atomic E-state index is 12.5. The lowest BCUT2D eigenvalue weighted by Crippen LogP contribution is -2.33. The minimum Gasteiger partial charge on any atom is -0.324 e. The fraction of sp³-hybridized carbons (Fsp3) is 0.500. The first-order chi connectivity index (χ1) is 9.39. The molecular formula is C14H20N2O3S. The number of benzene rings is 1. The summed E-state index contributed by atoms with van der Waals surface area (Å²) in [6, 6.07) is 6.23. The van der Waals surface area contributed by atoms with Crippen LogP contribution in [0.2, 0.25) is 0 Å². The predicted octanol–water partition coefficient (Wildman–Crippen LogP) is 2.24. The number of sulfonamides is 1. The van der Waals surface area contributed by atoms with Crippen molar-refractivity contribution in [1.82, 2.24) is 0 Å². The van der Waals surface area contributed by atoms with E-state index in [4.69, 9.17) is 5.14 Å². The van der Waals surface area contributed by atoms with Crippen molar-refractivity contribution >= 4 is 21.6 Å². The zero-order chi connectivity index (χ0) is 14.8. The molecule has 20 heavy (non-hydrogen) atoms. The maximum absolute atomic E-state index is 12.5. The number of primary sulfonamides is 1. The van der Waals surface area contributed by atoms with Crippen LogP contribution in [-0.2, 0) is 14.8 Å². The van der Waals surface area contributed by atoms with Crippen molar-refractivity contribution in [3.05, 3.63) is 24.3 Å². The third-order valence-electron chi connectivity index (χ3n) is 4.16. The Bertz CT molecular complexity index is 605. The van der Waals surface area contributed by atoms with Crippen LogP contribution in [-0.4, -0.2) is 14.3 Å². The first-order valence-electron chi connectivity index (χ1n) is 6.82. The van der Waals surface area contributed by atoms with E-state index in [-0.39, 0.29) is 21.9 Å². The fourth-order valence-electron chi connectivity index (χ4n) is 2.87. The van der Waals surface area contributed by atoms with Gasteiger partial charge in [-0.2, -0.15) is 0 Å². The Morgan fingerprint density at radius 3 is 2.45 bits per heavy atom. The van der Waals surface area contributed by atoms with E-state index < -0.39 is 10.0 Å². The van der Waals surface area contributed by atoms with Gasteiger partial charge >= 0.3 is 0 Å². The number of anilines is 1. The average Bonchev–Trinajstić information content (AvgIpc) is 2.88. The molecule has 3 N–H and O–H groups in total. The molecule has 110 valence electrons. The Morgan fingerprint density at radius 1 is 1.30 bits per heavy atom. The zero-order valence-electron chi connectivity index (χ0n) is 11.6. The van der Waals surface area contributed by atoms with Gasteiger partial charge in [-0.25, -0.2) is 13.6 Å². The highest BCUT2D eigenvalue weighted by molar-refractivity contribution is 7.89. The lowest BCUT2D eigenvalue weighted by Gasteiger charge is -2.26. The van der Waals surface area contributed by atoms with Gasteiger partial charge in [0.25, 0.3) is 0 Å². The Kier molecular flexibility index (Phi) is 4.15. The van der Waals surface area contributed by atoms with Crippen LogP contribution in [0.15, 0.2) is 29.2 Å². The first kappa shape index (κ1) is 15.0. The van der Waals surface area contributed by atoms with Gasteiger partial charge in [-0.1, -0.05) is 31.9 Å². The van der Waals surface area contributed by atoms with E-state index in [0.717, 1.165) is 32.1 Å². The van der Waals surface area contributed by atoms with E-state index in [1.54, 1.807) is 18.2 Å². The Morgan fingerprint density at radius 2 is 1.90 bits per heavy atom. The number of carbonyl (C=O) groups is 1. The summed E-state index contributed by atoms with van der Waals surface area (Å²) in [6.07, 6.45) is 4.55. The molecule has 1 fully saturated rings. The monoisotopic (exact) mass is 296 g/mol. The Hall–Kier alpha value is -1.40. The summed E-state index contributed by atoms with van der Waals surface area (Å²) in [5, 5.41) is 7.93. The van der Waals surface area contributed by atoms with Crippen molar-refractivity contribution in [2.75, 3.05) is 5.32 Å². The van der Waals surface area contributed by atoms with Crippen LogP contribution in [0.25, 0.3) is 0 Å². The van der Waals surface area contributed by atoms with Crippen molar-refractivity contribution in [3.8, 4) is 0 Å². The van der Waals surface area contributed by atoms with E-state index >= 15 is 0 Å². The van der Waals surface area contributed by atoms with Gasteiger partial charge in [0.15, 0.2) is 0 Å². The van der Waals surface area contributed by atoms with Crippen LogP contribution >= 0.6 is 0 Å². The second-order valence-electron chi connectivity index (χ2n) is 5.34. The van der Waals surface area contributed by atoms with E-state index in [9.17, 15) is 13.2 Å². The van der Waals surface area contributed by atoms with Gasteiger partial charge in [-0.05, 0) is 31.4 Å². The minimum absolute atomic E-state index is 0.0439. The number of hydrogen-bond acceptors (Lipinski definition) is 3. The second-order valence-corrected chi connectivity index (χ2v) is 6.87. The molecule has 0 aromatic heterocycles. The average molecular weight is 296 g/mol. The molecule has 0 aliphatic heterocycles. The lowest BCUT2D eigenvalue weighted by atomic mass is 9.82. The first-order valence-corrected chi connectivity index (χ1v) is 8.37. The van der Waals surface area contributed by atoms with Gasteiger partial charge in [0, 0.05) is 5.41 Å². The number of carbonyl (C=O) groups excluding carboxylic acids is 1. The summed E-state index contributed by atoms with van der Waals surface area (Å²) in [6.45, 7) is 2.00. The maximum Gasteiger partial charge on any atom is 0.240 e. The van der Waals surface area contributed by atoms with Gasteiger partial charge in [-0.3, -0.25) is 4.79 Å². The van der Waals surface area contributed by atoms with Crippen LogP contribution < -0.4 is 10.5 Å². The summed E-state index contributed by atoms with van der Waals surface area (Å²) in [4.78, 5) is 12.5. The van der Waals surface area contributed by atoms with Crippen LogP contribution in [0.3, 0.4) is 0 Å². The predicted molar refractivity (Wildman–Crippen MR) is 77.6 cm³/mol. The molecule has 0 saturated heterocycles. The molecule has 0 bridgehead atoms. The van der Waals surface area contributed by atoms with Gasteiger partial charge in [0.2, 0.25) is 15.9 Å². The molecule has 0 unspecified atom stereocenters. The SMILES string of the molecule is CCC1(C(=O)Nc2ccccc2S(N)(=O)=O)CCCC1. The highest BCUT2D eigenvalue weighted by Gasteiger charge is 2.39. The highest BCUT2D eigenvalue weighted by atomic mass is 32.2. The molecule has 0 radical (unpaired) electrons. The molecule has 1 aliphatic carbocycles. The molecule has 1 saturated carbocycles. The molecule has 2 rings (SSSR count). The van der Waals surface area contributed by atoms with Gasteiger partial charge in [0.05, 0.1) is 5.69 Å². The number of hydrogen-bond donors (Lipinski definition) is 2. The summed E-state index contributed by atoms with van der Waals surface area (Å²) in [5.41, 5.74) is -0.106. The van der Waals surface area contributed by atoms with Crippen molar-refractivity contribution < 1.29 is 13.2 Å². The molecule has 5 nitrogen and oxygen atoms in total. The Balaban J connectivity index is 2.29. The standard InChI is InChI=1S/C14H20N2O3S/c1-2-14(9-5-6-10-14)13(17)16-11-7-3-4-8-12(11)20(15,18)19/h3-4,7-8H,2,5-6,9-10H2,1H3,(H,16,17)(H2,15,18,19). The molecule has 1 aromatic carbocycles. The highest BCUT2D eigenvalue weighted by Crippen LogP contribution is 2.42. The van der Waals surface area contributed by atoms with Crippen LogP contribution in [0, 0.1) is 5.41 Å². The topological polar surface area (TPSA) is 89.3 Å². The van der Waals surface area contributed by atoms with Gasteiger partial charge in [0.1, 0.15) is 4.90 Å². The quantitative estimate of drug-likeness (QED) is 0.893. The summed E-state index contributed by atoms with van der Waals surface area (Å²) >= 11 is 0. The third-order valence-corrected chi connectivity index (χ3v) is 5.13. The van der Waals surface area contributed by atoms with E-state index in [1.165, 1.54) is 6.07 Å². The zero-order valence-corrected chi connectivity index (χ0v) is 12.4. The number of nitrogens with one attached hydrogen (secondary N) is 1. The van der Waals surface area contributed by atoms with Crippen LogP contribution in [0.5, 0.6) is 0 Å².